The summed E-state index contributed by atoms with van der Waals surface area (Å²) in [6, 6.07) is 4.81. The molecule has 0 saturated carbocycles. The number of aromatic amines is 1. The molecule has 0 aliphatic heterocycles. The molecule has 0 saturated heterocycles. The van der Waals surface area contributed by atoms with Gasteiger partial charge >= 0.3 is 5.97 Å². The number of aliphatic carboxylic acids is 1. The van der Waals surface area contributed by atoms with E-state index >= 15 is 0 Å². The normalized spacial score (nSPS) is 12.3. The lowest BCUT2D eigenvalue weighted by atomic mass is 10.1. The number of carbonyl (C=O) groups excluding carboxylic acids is 1. The quantitative estimate of drug-likeness (QED) is 0.873. The first-order chi connectivity index (χ1) is 8.99. The second-order valence-electron chi connectivity index (χ2n) is 4.50. The highest BCUT2D eigenvalue weighted by Crippen LogP contribution is 2.14. The molecule has 6 heteroatoms. The second-order valence-corrected chi connectivity index (χ2v) is 4.50. The number of amides is 1. The van der Waals surface area contributed by atoms with Gasteiger partial charge in [0.05, 0.1) is 23.8 Å². The monoisotopic (exact) mass is 261 g/mol. The predicted molar refractivity (Wildman–Crippen MR) is 69.9 cm³/mol. The van der Waals surface area contributed by atoms with Gasteiger partial charge in [0.25, 0.3) is 5.91 Å². The van der Waals surface area contributed by atoms with Gasteiger partial charge in [-0.25, -0.2) is 4.98 Å². The molecule has 2 rings (SSSR count). The van der Waals surface area contributed by atoms with Gasteiger partial charge in [-0.15, -0.1) is 0 Å². The molecule has 1 atom stereocenters. The third-order valence-electron chi connectivity index (χ3n) is 3.12. The summed E-state index contributed by atoms with van der Waals surface area (Å²) in [6.07, 6.45) is 1.49. The number of nitrogens with one attached hydrogen (secondary N) is 1. The molecule has 100 valence electrons. The smallest absolute Gasteiger partial charge is 0.305 e. The van der Waals surface area contributed by atoms with Crippen molar-refractivity contribution in [3.05, 3.63) is 30.1 Å². The Labute approximate surface area is 110 Å². The van der Waals surface area contributed by atoms with Crippen LogP contribution in [-0.2, 0) is 4.79 Å². The van der Waals surface area contributed by atoms with Crippen molar-refractivity contribution in [3.8, 4) is 0 Å². The van der Waals surface area contributed by atoms with E-state index in [1.165, 1.54) is 4.90 Å². The summed E-state index contributed by atoms with van der Waals surface area (Å²) in [7, 11) is 1.60. The van der Waals surface area contributed by atoms with Crippen LogP contribution in [0.15, 0.2) is 24.5 Å². The molecule has 2 N–H and O–H groups in total. The average Bonchev–Trinajstić information content (AvgIpc) is 2.83. The van der Waals surface area contributed by atoms with Gasteiger partial charge in [0.2, 0.25) is 0 Å². The first-order valence-corrected chi connectivity index (χ1v) is 5.91. The van der Waals surface area contributed by atoms with E-state index in [4.69, 9.17) is 5.11 Å². The highest BCUT2D eigenvalue weighted by molar-refractivity contribution is 5.97. The number of nitrogens with zero attached hydrogens (tertiary/aromatic N) is 2. The van der Waals surface area contributed by atoms with Crippen LogP contribution in [-0.4, -0.2) is 44.9 Å². The lowest BCUT2D eigenvalue weighted by molar-refractivity contribution is -0.137. The van der Waals surface area contributed by atoms with E-state index < -0.39 is 5.97 Å². The number of benzene rings is 1. The SMILES string of the molecule is CC(CC(=O)O)N(C)C(=O)c1ccc2nc[nH]c2c1. The van der Waals surface area contributed by atoms with Crippen molar-refractivity contribution in [3.63, 3.8) is 0 Å². The lowest BCUT2D eigenvalue weighted by Gasteiger charge is -2.23. The molecule has 1 heterocycles. The maximum absolute atomic E-state index is 12.2. The molecule has 0 bridgehead atoms. The van der Waals surface area contributed by atoms with E-state index in [-0.39, 0.29) is 18.4 Å². The Hall–Kier alpha value is -2.37. The Balaban J connectivity index is 2.20. The number of rotatable bonds is 4. The maximum Gasteiger partial charge on any atom is 0.305 e. The molecule has 2 aromatic rings. The first kappa shape index (κ1) is 13.1. The van der Waals surface area contributed by atoms with E-state index in [2.05, 4.69) is 9.97 Å². The summed E-state index contributed by atoms with van der Waals surface area (Å²) >= 11 is 0. The van der Waals surface area contributed by atoms with Crippen LogP contribution in [0.25, 0.3) is 11.0 Å². The van der Waals surface area contributed by atoms with Crippen LogP contribution in [0.4, 0.5) is 0 Å². The number of imidazole rings is 1. The van der Waals surface area contributed by atoms with Crippen LogP contribution < -0.4 is 0 Å². The van der Waals surface area contributed by atoms with Gasteiger partial charge in [-0.3, -0.25) is 9.59 Å². The fourth-order valence-corrected chi connectivity index (χ4v) is 1.86. The van der Waals surface area contributed by atoms with Crippen LogP contribution in [0.5, 0.6) is 0 Å². The Morgan fingerprint density at radius 2 is 2.21 bits per heavy atom. The van der Waals surface area contributed by atoms with Crippen LogP contribution in [0, 0.1) is 0 Å². The van der Waals surface area contributed by atoms with E-state index in [9.17, 15) is 9.59 Å². The first-order valence-electron chi connectivity index (χ1n) is 5.91. The molecule has 0 fully saturated rings. The van der Waals surface area contributed by atoms with Crippen molar-refractivity contribution in [2.75, 3.05) is 7.05 Å². The van der Waals surface area contributed by atoms with E-state index in [0.717, 1.165) is 11.0 Å². The highest BCUT2D eigenvalue weighted by Gasteiger charge is 2.19. The zero-order chi connectivity index (χ0) is 14.0. The molecule has 1 aromatic carbocycles. The number of aromatic nitrogens is 2. The Bertz CT molecular complexity index is 620. The molecule has 1 aromatic heterocycles. The molecule has 1 amide bonds. The summed E-state index contributed by atoms with van der Waals surface area (Å²) in [4.78, 5) is 31.3. The Morgan fingerprint density at radius 3 is 2.89 bits per heavy atom. The zero-order valence-corrected chi connectivity index (χ0v) is 10.8. The molecule has 0 aliphatic rings. The number of hydrogen-bond donors (Lipinski definition) is 2. The van der Waals surface area contributed by atoms with Gasteiger partial charge < -0.3 is 15.0 Å². The molecular weight excluding hydrogens is 246 g/mol. The van der Waals surface area contributed by atoms with Crippen molar-refractivity contribution in [2.45, 2.75) is 19.4 Å². The Kier molecular flexibility index (Phi) is 3.50. The third-order valence-corrected chi connectivity index (χ3v) is 3.12. The van der Waals surface area contributed by atoms with Crippen LogP contribution in [0.3, 0.4) is 0 Å². The fraction of sp³-hybridized carbons (Fsp3) is 0.308. The minimum atomic E-state index is -0.920. The molecular formula is C13H15N3O3. The van der Waals surface area contributed by atoms with Crippen molar-refractivity contribution in [2.24, 2.45) is 0 Å². The van der Waals surface area contributed by atoms with Gasteiger partial charge in [-0.05, 0) is 25.1 Å². The number of hydrogen-bond acceptors (Lipinski definition) is 3. The Morgan fingerprint density at radius 1 is 1.47 bits per heavy atom. The highest BCUT2D eigenvalue weighted by atomic mass is 16.4. The maximum atomic E-state index is 12.2. The standard InChI is InChI=1S/C13H15N3O3/c1-8(5-12(17)18)16(2)13(19)9-3-4-10-11(6-9)15-7-14-10/h3-4,6-8H,5H2,1-2H3,(H,14,15)(H,17,18). The second kappa shape index (κ2) is 5.09. The van der Waals surface area contributed by atoms with Crippen LogP contribution in [0.2, 0.25) is 0 Å². The average molecular weight is 261 g/mol. The molecule has 1 unspecified atom stereocenters. The summed E-state index contributed by atoms with van der Waals surface area (Å²) in [5.41, 5.74) is 2.08. The van der Waals surface area contributed by atoms with Crippen LogP contribution in [0.1, 0.15) is 23.7 Å². The minimum absolute atomic E-state index is 0.0749. The lowest BCUT2D eigenvalue weighted by Crippen LogP contribution is -2.36. The molecule has 19 heavy (non-hydrogen) atoms. The summed E-state index contributed by atoms with van der Waals surface area (Å²) in [6.45, 7) is 1.71. The third kappa shape index (κ3) is 2.73. The minimum Gasteiger partial charge on any atom is -0.481 e. The molecule has 6 nitrogen and oxygen atoms in total. The number of H-pyrrole nitrogens is 1. The zero-order valence-electron chi connectivity index (χ0n) is 10.8. The number of fused-ring (bicyclic) bond motifs is 1. The van der Waals surface area contributed by atoms with E-state index in [0.29, 0.717) is 5.56 Å². The fourth-order valence-electron chi connectivity index (χ4n) is 1.86. The van der Waals surface area contributed by atoms with E-state index in [1.54, 1.807) is 38.5 Å². The molecule has 0 spiro atoms. The van der Waals surface area contributed by atoms with Gasteiger partial charge in [0.15, 0.2) is 0 Å². The predicted octanol–water partition coefficient (Wildman–Crippen LogP) is 1.50. The molecule has 0 radical (unpaired) electrons. The van der Waals surface area contributed by atoms with E-state index in [1.807, 2.05) is 0 Å². The van der Waals surface area contributed by atoms with Crippen molar-refractivity contribution < 1.29 is 14.7 Å². The number of carboxylic acid groups (broad SMARTS) is 1. The van der Waals surface area contributed by atoms with Gasteiger partial charge in [0, 0.05) is 18.7 Å². The summed E-state index contributed by atoms with van der Waals surface area (Å²) < 4.78 is 0. The van der Waals surface area contributed by atoms with Gasteiger partial charge in [-0.2, -0.15) is 0 Å². The summed E-state index contributed by atoms with van der Waals surface area (Å²) in [5, 5.41) is 8.75. The summed E-state index contributed by atoms with van der Waals surface area (Å²) in [5.74, 6) is -1.12. The molecule has 0 aliphatic carbocycles. The number of carbonyl (C=O) groups is 2. The van der Waals surface area contributed by atoms with Crippen molar-refractivity contribution in [1.82, 2.24) is 14.9 Å². The number of carboxylic acids is 1. The topological polar surface area (TPSA) is 86.3 Å². The van der Waals surface area contributed by atoms with Crippen LogP contribution >= 0.6 is 0 Å². The van der Waals surface area contributed by atoms with Gasteiger partial charge in [-0.1, -0.05) is 0 Å². The van der Waals surface area contributed by atoms with Crippen molar-refractivity contribution >= 4 is 22.9 Å². The van der Waals surface area contributed by atoms with Gasteiger partial charge in [0.1, 0.15) is 0 Å². The van der Waals surface area contributed by atoms with Crippen molar-refractivity contribution in [1.29, 1.82) is 0 Å². The largest absolute Gasteiger partial charge is 0.481 e.